The highest BCUT2D eigenvalue weighted by Crippen LogP contribution is 2.58. The molecule has 1 aliphatic rings. The summed E-state index contributed by atoms with van der Waals surface area (Å²) in [4.78, 5) is 22.9. The molecule has 1 aliphatic carbocycles. The lowest BCUT2D eigenvalue weighted by Crippen LogP contribution is -2.29. The van der Waals surface area contributed by atoms with Gasteiger partial charge in [-0.15, -0.1) is 0 Å². The molecule has 0 radical (unpaired) electrons. The van der Waals surface area contributed by atoms with E-state index in [1.807, 2.05) is 0 Å². The molecule has 1 aromatic carbocycles. The molecule has 0 aliphatic heterocycles. The molecule has 6 heteroatoms. The van der Waals surface area contributed by atoms with Crippen LogP contribution in [0.25, 0.3) is 0 Å². The second kappa shape index (κ2) is 5.42. The third-order valence-corrected chi connectivity index (χ3v) is 4.01. The van der Waals surface area contributed by atoms with E-state index in [1.54, 1.807) is 13.8 Å². The van der Waals surface area contributed by atoms with Crippen LogP contribution in [0.1, 0.15) is 19.4 Å². The van der Waals surface area contributed by atoms with Gasteiger partial charge in [-0.05, 0) is 29.5 Å². The lowest BCUT2D eigenvalue weighted by molar-refractivity contribution is -0.140. The molecule has 0 saturated heterocycles. The first kappa shape index (κ1) is 15.4. The number of benzene rings is 1. The first-order valence-electron chi connectivity index (χ1n) is 6.69. The SMILES string of the molecule is CC1(C)[C@H](C(=O)O)[C@@H]1C(=O)NCCc1cc(F)cc(F)c1. The van der Waals surface area contributed by atoms with Crippen molar-refractivity contribution in [1.29, 1.82) is 0 Å². The minimum Gasteiger partial charge on any atom is -0.481 e. The quantitative estimate of drug-likeness (QED) is 0.873. The van der Waals surface area contributed by atoms with Gasteiger partial charge in [-0.2, -0.15) is 0 Å². The number of hydrogen-bond donors (Lipinski definition) is 2. The van der Waals surface area contributed by atoms with Gasteiger partial charge >= 0.3 is 5.97 Å². The number of halogens is 2. The van der Waals surface area contributed by atoms with Gasteiger partial charge in [-0.25, -0.2) is 8.78 Å². The van der Waals surface area contributed by atoms with Crippen LogP contribution in [-0.4, -0.2) is 23.5 Å². The van der Waals surface area contributed by atoms with E-state index in [-0.39, 0.29) is 18.9 Å². The summed E-state index contributed by atoms with van der Waals surface area (Å²) in [6.45, 7) is 3.68. The van der Waals surface area contributed by atoms with Crippen molar-refractivity contribution < 1.29 is 23.5 Å². The fraction of sp³-hybridized carbons (Fsp3) is 0.467. The Hall–Kier alpha value is -1.98. The average molecular weight is 297 g/mol. The number of hydrogen-bond acceptors (Lipinski definition) is 2. The van der Waals surface area contributed by atoms with Gasteiger partial charge in [-0.3, -0.25) is 9.59 Å². The van der Waals surface area contributed by atoms with Crippen LogP contribution in [0.3, 0.4) is 0 Å². The number of amides is 1. The molecule has 0 aromatic heterocycles. The number of carbonyl (C=O) groups is 2. The zero-order valence-corrected chi connectivity index (χ0v) is 11.8. The van der Waals surface area contributed by atoms with Crippen LogP contribution in [0.15, 0.2) is 18.2 Å². The molecule has 0 unspecified atom stereocenters. The molecule has 114 valence electrons. The summed E-state index contributed by atoms with van der Waals surface area (Å²) in [5, 5.41) is 11.6. The second-order valence-electron chi connectivity index (χ2n) is 5.93. The third kappa shape index (κ3) is 3.20. The van der Waals surface area contributed by atoms with E-state index in [0.29, 0.717) is 5.56 Å². The van der Waals surface area contributed by atoms with Crippen LogP contribution in [-0.2, 0) is 16.0 Å². The van der Waals surface area contributed by atoms with Gasteiger partial charge in [0, 0.05) is 12.6 Å². The highest BCUT2D eigenvalue weighted by molar-refractivity contribution is 5.91. The largest absolute Gasteiger partial charge is 0.481 e. The number of carbonyl (C=O) groups excluding carboxylic acids is 1. The molecule has 4 nitrogen and oxygen atoms in total. The minimum absolute atomic E-state index is 0.209. The summed E-state index contributed by atoms with van der Waals surface area (Å²) in [7, 11) is 0. The van der Waals surface area contributed by atoms with Crippen molar-refractivity contribution in [2.75, 3.05) is 6.54 Å². The van der Waals surface area contributed by atoms with Crippen molar-refractivity contribution in [2.24, 2.45) is 17.3 Å². The molecule has 2 atom stereocenters. The lowest BCUT2D eigenvalue weighted by atomic mass is 10.1. The lowest BCUT2D eigenvalue weighted by Gasteiger charge is -2.06. The minimum atomic E-state index is -0.979. The average Bonchev–Trinajstić information content (AvgIpc) is 2.91. The Labute approximate surface area is 121 Å². The number of aliphatic carboxylic acids is 1. The Morgan fingerprint density at radius 3 is 2.24 bits per heavy atom. The van der Waals surface area contributed by atoms with E-state index >= 15 is 0 Å². The van der Waals surface area contributed by atoms with Crippen LogP contribution in [0.2, 0.25) is 0 Å². The van der Waals surface area contributed by atoms with Crippen molar-refractivity contribution in [1.82, 2.24) is 5.32 Å². The normalized spacial score (nSPS) is 22.7. The molecular formula is C15H17F2NO3. The van der Waals surface area contributed by atoms with E-state index in [4.69, 9.17) is 5.11 Å². The van der Waals surface area contributed by atoms with Gasteiger partial charge in [0.15, 0.2) is 0 Å². The summed E-state index contributed by atoms with van der Waals surface area (Å²) < 4.78 is 26.0. The molecule has 0 heterocycles. The Bertz CT molecular complexity index is 566. The van der Waals surface area contributed by atoms with Gasteiger partial charge in [0.1, 0.15) is 11.6 Å². The molecule has 1 saturated carbocycles. The van der Waals surface area contributed by atoms with E-state index in [0.717, 1.165) is 6.07 Å². The second-order valence-corrected chi connectivity index (χ2v) is 5.93. The van der Waals surface area contributed by atoms with Crippen LogP contribution in [0.4, 0.5) is 8.78 Å². The number of carboxylic acid groups (broad SMARTS) is 1. The number of carboxylic acids is 1. The van der Waals surface area contributed by atoms with Crippen LogP contribution >= 0.6 is 0 Å². The fourth-order valence-electron chi connectivity index (χ4n) is 2.78. The molecule has 0 bridgehead atoms. The predicted octanol–water partition coefficient (Wildman–Crippen LogP) is 1.98. The maximum atomic E-state index is 13.0. The van der Waals surface area contributed by atoms with Gasteiger partial charge < -0.3 is 10.4 Å². The zero-order chi connectivity index (χ0) is 15.8. The summed E-state index contributed by atoms with van der Waals surface area (Å²) in [6.07, 6.45) is 0.283. The van der Waals surface area contributed by atoms with Crippen molar-refractivity contribution in [3.05, 3.63) is 35.4 Å². The molecule has 1 amide bonds. The van der Waals surface area contributed by atoms with Crippen molar-refractivity contribution >= 4 is 11.9 Å². The molecule has 21 heavy (non-hydrogen) atoms. The Morgan fingerprint density at radius 1 is 1.19 bits per heavy atom. The summed E-state index contributed by atoms with van der Waals surface area (Å²) in [5.41, 5.74) is -0.112. The van der Waals surface area contributed by atoms with E-state index in [9.17, 15) is 18.4 Å². The van der Waals surface area contributed by atoms with Gasteiger partial charge in [0.25, 0.3) is 0 Å². The van der Waals surface area contributed by atoms with Crippen LogP contribution in [0.5, 0.6) is 0 Å². The van der Waals surface area contributed by atoms with Crippen molar-refractivity contribution in [3.8, 4) is 0 Å². The molecular weight excluding hydrogens is 280 g/mol. The maximum Gasteiger partial charge on any atom is 0.307 e. The highest BCUT2D eigenvalue weighted by Gasteiger charge is 2.65. The first-order chi connectivity index (χ1) is 9.73. The van der Waals surface area contributed by atoms with E-state index < -0.39 is 34.9 Å². The number of rotatable bonds is 5. The van der Waals surface area contributed by atoms with E-state index in [2.05, 4.69) is 5.32 Å². The fourth-order valence-corrected chi connectivity index (χ4v) is 2.78. The molecule has 1 fully saturated rings. The Morgan fingerprint density at radius 2 is 1.76 bits per heavy atom. The van der Waals surface area contributed by atoms with Gasteiger partial charge in [0.05, 0.1) is 11.8 Å². The zero-order valence-electron chi connectivity index (χ0n) is 11.8. The molecule has 1 aromatic rings. The van der Waals surface area contributed by atoms with Crippen LogP contribution in [0, 0.1) is 28.9 Å². The van der Waals surface area contributed by atoms with E-state index in [1.165, 1.54) is 12.1 Å². The summed E-state index contributed by atoms with van der Waals surface area (Å²) >= 11 is 0. The Kier molecular flexibility index (Phi) is 3.98. The van der Waals surface area contributed by atoms with Gasteiger partial charge in [0.2, 0.25) is 5.91 Å². The smallest absolute Gasteiger partial charge is 0.307 e. The standard InChI is InChI=1S/C15H17F2NO3/c1-15(2)11(12(15)14(20)21)13(19)18-4-3-8-5-9(16)7-10(17)6-8/h5-7,11-12H,3-4H2,1-2H3,(H,18,19)(H,20,21)/t11-,12+/m1/s1. The van der Waals surface area contributed by atoms with Crippen molar-refractivity contribution in [3.63, 3.8) is 0 Å². The third-order valence-electron chi connectivity index (χ3n) is 4.01. The summed E-state index contributed by atoms with van der Waals surface area (Å²) in [6, 6.07) is 3.19. The van der Waals surface area contributed by atoms with Crippen LogP contribution < -0.4 is 5.32 Å². The topological polar surface area (TPSA) is 66.4 Å². The first-order valence-corrected chi connectivity index (χ1v) is 6.69. The highest BCUT2D eigenvalue weighted by atomic mass is 19.1. The molecule has 0 spiro atoms. The maximum absolute atomic E-state index is 13.0. The Balaban J connectivity index is 1.87. The predicted molar refractivity (Wildman–Crippen MR) is 71.5 cm³/mol. The van der Waals surface area contributed by atoms with Gasteiger partial charge in [-0.1, -0.05) is 13.8 Å². The monoisotopic (exact) mass is 297 g/mol. The number of nitrogens with one attached hydrogen (secondary N) is 1. The van der Waals surface area contributed by atoms with Crippen molar-refractivity contribution in [2.45, 2.75) is 20.3 Å². The molecule has 2 rings (SSSR count). The molecule has 2 N–H and O–H groups in total. The summed E-state index contributed by atoms with van der Waals surface area (Å²) in [5.74, 6) is -3.86.